The molecule has 3 nitrogen and oxygen atoms in total. The topological polar surface area (TPSA) is 39.9 Å². The molecule has 0 N–H and O–H groups in total. The third-order valence-corrected chi connectivity index (χ3v) is 3.78. The number of fused-ring (bicyclic) bond motifs is 1. The summed E-state index contributed by atoms with van der Waals surface area (Å²) in [6.07, 6.45) is 3.67. The Morgan fingerprint density at radius 2 is 1.78 bits per heavy atom. The van der Waals surface area contributed by atoms with E-state index in [2.05, 4.69) is 16.0 Å². The van der Waals surface area contributed by atoms with Crippen molar-refractivity contribution in [2.45, 2.75) is 0 Å². The summed E-state index contributed by atoms with van der Waals surface area (Å²) in [5.41, 5.74) is 4.59. The van der Waals surface area contributed by atoms with E-state index in [1.165, 1.54) is 0 Å². The van der Waals surface area contributed by atoms with Crippen LogP contribution in [0.5, 0.6) is 0 Å². The molecule has 3 aromatic rings. The summed E-state index contributed by atoms with van der Waals surface area (Å²) in [5, 5.41) is 10.6. The first-order valence-electron chi connectivity index (χ1n) is 7.42. The van der Waals surface area contributed by atoms with Crippen LogP contribution in [-0.2, 0) is 0 Å². The lowest BCUT2D eigenvalue weighted by Gasteiger charge is -2.12. The van der Waals surface area contributed by atoms with Gasteiger partial charge in [0.2, 0.25) is 0 Å². The SMILES string of the molecule is CN(C)c1ccc(/C=C(\C#N)c2ccnc3ccccc23)cc1. The Bertz CT molecular complexity index is 895. The van der Waals surface area contributed by atoms with E-state index in [0.717, 1.165) is 27.7 Å². The Balaban J connectivity index is 2.06. The van der Waals surface area contributed by atoms with Gasteiger partial charge in [-0.25, -0.2) is 0 Å². The molecule has 0 radical (unpaired) electrons. The van der Waals surface area contributed by atoms with Crippen LogP contribution in [0.4, 0.5) is 5.69 Å². The van der Waals surface area contributed by atoms with Gasteiger partial charge < -0.3 is 4.90 Å². The Labute approximate surface area is 136 Å². The Hall–Kier alpha value is -3.12. The van der Waals surface area contributed by atoms with Gasteiger partial charge in [-0.15, -0.1) is 0 Å². The van der Waals surface area contributed by atoms with Crippen LogP contribution < -0.4 is 4.90 Å². The second-order valence-corrected chi connectivity index (χ2v) is 5.53. The normalized spacial score (nSPS) is 11.3. The molecule has 0 atom stereocenters. The minimum absolute atomic E-state index is 0.640. The molecule has 0 saturated heterocycles. The number of nitriles is 1. The van der Waals surface area contributed by atoms with E-state index in [1.807, 2.05) is 74.8 Å². The molecule has 112 valence electrons. The van der Waals surface area contributed by atoms with E-state index in [4.69, 9.17) is 0 Å². The molecule has 0 saturated carbocycles. The van der Waals surface area contributed by atoms with E-state index in [-0.39, 0.29) is 0 Å². The van der Waals surface area contributed by atoms with Gasteiger partial charge in [0.1, 0.15) is 0 Å². The maximum Gasteiger partial charge on any atom is 0.0998 e. The van der Waals surface area contributed by atoms with Crippen molar-refractivity contribution < 1.29 is 0 Å². The van der Waals surface area contributed by atoms with Crippen LogP contribution in [-0.4, -0.2) is 19.1 Å². The molecule has 23 heavy (non-hydrogen) atoms. The quantitative estimate of drug-likeness (QED) is 0.674. The molecule has 0 bridgehead atoms. The number of rotatable bonds is 3. The van der Waals surface area contributed by atoms with Crippen molar-refractivity contribution >= 4 is 28.2 Å². The summed E-state index contributed by atoms with van der Waals surface area (Å²) < 4.78 is 0. The monoisotopic (exact) mass is 299 g/mol. The molecule has 0 unspecified atom stereocenters. The fourth-order valence-electron chi connectivity index (χ4n) is 2.54. The number of para-hydroxylation sites is 1. The van der Waals surface area contributed by atoms with Crippen molar-refractivity contribution in [2.75, 3.05) is 19.0 Å². The highest BCUT2D eigenvalue weighted by atomic mass is 15.1. The lowest BCUT2D eigenvalue weighted by molar-refractivity contribution is 1.13. The zero-order valence-electron chi connectivity index (χ0n) is 13.2. The summed E-state index contributed by atoms with van der Waals surface area (Å²) >= 11 is 0. The van der Waals surface area contributed by atoms with Gasteiger partial charge in [0.15, 0.2) is 0 Å². The van der Waals surface area contributed by atoms with Crippen LogP contribution in [0.2, 0.25) is 0 Å². The summed E-state index contributed by atoms with van der Waals surface area (Å²) in [5.74, 6) is 0. The van der Waals surface area contributed by atoms with Gasteiger partial charge >= 0.3 is 0 Å². The van der Waals surface area contributed by atoms with E-state index < -0.39 is 0 Å². The Kier molecular flexibility index (Phi) is 4.07. The fraction of sp³-hybridized carbons (Fsp3) is 0.100. The van der Waals surface area contributed by atoms with Crippen molar-refractivity contribution in [3.8, 4) is 6.07 Å². The van der Waals surface area contributed by atoms with Gasteiger partial charge in [-0.1, -0.05) is 30.3 Å². The highest BCUT2D eigenvalue weighted by Crippen LogP contribution is 2.25. The number of benzene rings is 2. The van der Waals surface area contributed by atoms with Crippen molar-refractivity contribution in [1.29, 1.82) is 5.26 Å². The van der Waals surface area contributed by atoms with E-state index in [1.54, 1.807) is 6.20 Å². The molecule has 0 aliphatic rings. The number of hydrogen-bond donors (Lipinski definition) is 0. The average Bonchev–Trinajstić information content (AvgIpc) is 2.59. The molecule has 3 heteroatoms. The van der Waals surface area contributed by atoms with Gasteiger partial charge in [-0.2, -0.15) is 5.26 Å². The lowest BCUT2D eigenvalue weighted by Crippen LogP contribution is -2.07. The first kappa shape index (κ1) is 14.8. The molecule has 0 amide bonds. The number of anilines is 1. The van der Waals surface area contributed by atoms with E-state index in [9.17, 15) is 5.26 Å². The number of allylic oxidation sites excluding steroid dienone is 1. The first-order valence-corrected chi connectivity index (χ1v) is 7.42. The van der Waals surface area contributed by atoms with Crippen molar-refractivity contribution in [1.82, 2.24) is 4.98 Å². The van der Waals surface area contributed by atoms with Crippen LogP contribution in [0.1, 0.15) is 11.1 Å². The molecule has 0 aliphatic carbocycles. The maximum absolute atomic E-state index is 9.60. The van der Waals surface area contributed by atoms with Gasteiger partial charge in [0.25, 0.3) is 0 Å². The summed E-state index contributed by atoms with van der Waals surface area (Å²) in [7, 11) is 4.02. The molecule has 1 aromatic heterocycles. The zero-order valence-corrected chi connectivity index (χ0v) is 13.2. The molecule has 0 aliphatic heterocycles. The van der Waals surface area contributed by atoms with Crippen LogP contribution in [0, 0.1) is 11.3 Å². The minimum atomic E-state index is 0.640. The standard InChI is InChI=1S/C20H17N3/c1-23(2)17-9-7-15(8-10-17)13-16(14-21)18-11-12-22-20-6-4-3-5-19(18)20/h3-13H,1-2H3/b16-13+. The molecule has 3 rings (SSSR count). The largest absolute Gasteiger partial charge is 0.378 e. The van der Waals surface area contributed by atoms with E-state index in [0.29, 0.717) is 5.57 Å². The number of nitrogens with zero attached hydrogens (tertiary/aromatic N) is 3. The number of hydrogen-bond acceptors (Lipinski definition) is 3. The third kappa shape index (κ3) is 3.07. The first-order chi connectivity index (χ1) is 11.2. The second kappa shape index (κ2) is 6.33. The van der Waals surface area contributed by atoms with Crippen LogP contribution in [0.25, 0.3) is 22.6 Å². The minimum Gasteiger partial charge on any atom is -0.378 e. The van der Waals surface area contributed by atoms with Crippen LogP contribution >= 0.6 is 0 Å². The van der Waals surface area contributed by atoms with Gasteiger partial charge in [0.05, 0.1) is 17.2 Å². The molecule has 0 spiro atoms. The highest BCUT2D eigenvalue weighted by molar-refractivity contribution is 6.00. The van der Waals surface area contributed by atoms with Gasteiger partial charge in [-0.3, -0.25) is 4.98 Å². The maximum atomic E-state index is 9.60. The smallest absolute Gasteiger partial charge is 0.0998 e. The molecular weight excluding hydrogens is 282 g/mol. The summed E-state index contributed by atoms with van der Waals surface area (Å²) in [4.78, 5) is 6.41. The molecule has 2 aromatic carbocycles. The third-order valence-electron chi connectivity index (χ3n) is 3.78. The predicted molar refractivity (Wildman–Crippen MR) is 96.0 cm³/mol. The predicted octanol–water partition coefficient (Wildman–Crippen LogP) is 4.36. The number of pyridine rings is 1. The summed E-state index contributed by atoms with van der Waals surface area (Å²) in [6, 6.07) is 20.2. The molecular formula is C20H17N3. The van der Waals surface area contributed by atoms with Crippen LogP contribution in [0.15, 0.2) is 60.8 Å². The summed E-state index contributed by atoms with van der Waals surface area (Å²) in [6.45, 7) is 0. The van der Waals surface area contributed by atoms with E-state index >= 15 is 0 Å². The highest BCUT2D eigenvalue weighted by Gasteiger charge is 2.07. The van der Waals surface area contributed by atoms with Crippen molar-refractivity contribution in [3.63, 3.8) is 0 Å². The Morgan fingerprint density at radius 3 is 2.48 bits per heavy atom. The van der Waals surface area contributed by atoms with Gasteiger partial charge in [-0.05, 0) is 35.9 Å². The second-order valence-electron chi connectivity index (χ2n) is 5.53. The average molecular weight is 299 g/mol. The fourth-order valence-corrected chi connectivity index (χ4v) is 2.54. The van der Waals surface area contributed by atoms with Crippen molar-refractivity contribution in [3.05, 3.63) is 71.9 Å². The van der Waals surface area contributed by atoms with Crippen molar-refractivity contribution in [2.24, 2.45) is 0 Å². The molecule has 0 fully saturated rings. The molecule has 1 heterocycles. The van der Waals surface area contributed by atoms with Crippen LogP contribution in [0.3, 0.4) is 0 Å². The Morgan fingerprint density at radius 1 is 1.04 bits per heavy atom. The lowest BCUT2D eigenvalue weighted by atomic mass is 10.00. The zero-order chi connectivity index (χ0) is 16.2. The number of aromatic nitrogens is 1. The van der Waals surface area contributed by atoms with Gasteiger partial charge in [0, 0.05) is 36.9 Å².